The summed E-state index contributed by atoms with van der Waals surface area (Å²) in [4.78, 5) is 10.7. The lowest BCUT2D eigenvalue weighted by molar-refractivity contribution is -0.137. The van der Waals surface area contributed by atoms with Crippen LogP contribution in [0.1, 0.15) is 58.3 Å². The molecule has 1 aliphatic rings. The minimum Gasteiger partial charge on any atom is -0.491 e. The summed E-state index contributed by atoms with van der Waals surface area (Å²) in [6, 6.07) is 7.38. The van der Waals surface area contributed by atoms with Crippen molar-refractivity contribution < 1.29 is 23.1 Å². The molecule has 1 unspecified atom stereocenters. The molecule has 1 atom stereocenters. The van der Waals surface area contributed by atoms with Crippen molar-refractivity contribution in [3.05, 3.63) is 24.3 Å². The summed E-state index contributed by atoms with van der Waals surface area (Å²) in [5.74, 6) is -0.136. The smallest absolute Gasteiger partial charge is 0.303 e. The van der Waals surface area contributed by atoms with E-state index in [0.29, 0.717) is 37.4 Å². The number of hydrogen-bond donors (Lipinski definition) is 2. The van der Waals surface area contributed by atoms with Crippen LogP contribution in [0, 0.1) is 0 Å². The standard InChI is InChI=1S/C20H32N2O5S/c1-2-28(25,26)19-13-6-4-3-5-9-15-22(19)21-17-11-7-8-12-18(17)27-16-10-14-20(23)24/h7-8,11-12,19,21H,2-6,9-10,13-16H2,1H3,(H,23,24). The van der Waals surface area contributed by atoms with E-state index in [-0.39, 0.29) is 12.2 Å². The van der Waals surface area contributed by atoms with Crippen molar-refractivity contribution in [1.29, 1.82) is 0 Å². The third-order valence-electron chi connectivity index (χ3n) is 4.96. The highest BCUT2D eigenvalue weighted by Crippen LogP contribution is 2.28. The van der Waals surface area contributed by atoms with Crippen LogP contribution in [0.15, 0.2) is 24.3 Å². The molecule has 0 bridgehead atoms. The van der Waals surface area contributed by atoms with Gasteiger partial charge in [0, 0.05) is 18.7 Å². The van der Waals surface area contributed by atoms with E-state index < -0.39 is 21.2 Å². The van der Waals surface area contributed by atoms with Crippen LogP contribution in [0.5, 0.6) is 5.75 Å². The van der Waals surface area contributed by atoms with E-state index >= 15 is 0 Å². The second kappa shape index (κ2) is 11.3. The SMILES string of the molecule is CCS(=O)(=O)C1CCCCCCCN1Nc1ccccc1OCCCC(=O)O. The Hall–Kier alpha value is -1.80. The molecule has 28 heavy (non-hydrogen) atoms. The number of rotatable bonds is 9. The molecule has 0 amide bonds. The summed E-state index contributed by atoms with van der Waals surface area (Å²) in [6.45, 7) is 2.64. The molecule has 2 N–H and O–H groups in total. The van der Waals surface area contributed by atoms with E-state index in [1.54, 1.807) is 6.92 Å². The van der Waals surface area contributed by atoms with E-state index in [4.69, 9.17) is 9.84 Å². The minimum atomic E-state index is -3.23. The lowest BCUT2D eigenvalue weighted by Gasteiger charge is -2.32. The maximum absolute atomic E-state index is 12.7. The highest BCUT2D eigenvalue weighted by molar-refractivity contribution is 7.91. The van der Waals surface area contributed by atoms with Crippen molar-refractivity contribution in [2.45, 2.75) is 63.7 Å². The third kappa shape index (κ3) is 6.98. The van der Waals surface area contributed by atoms with Gasteiger partial charge in [-0.1, -0.05) is 44.7 Å². The van der Waals surface area contributed by atoms with Crippen LogP contribution in [-0.4, -0.2) is 48.8 Å². The Labute approximate surface area is 168 Å². The molecule has 1 saturated heterocycles. The lowest BCUT2D eigenvalue weighted by atomic mass is 10.1. The molecule has 1 fully saturated rings. The zero-order valence-electron chi connectivity index (χ0n) is 16.6. The van der Waals surface area contributed by atoms with E-state index in [9.17, 15) is 13.2 Å². The maximum atomic E-state index is 12.7. The fourth-order valence-corrected chi connectivity index (χ4v) is 4.83. The van der Waals surface area contributed by atoms with Gasteiger partial charge >= 0.3 is 5.97 Å². The lowest BCUT2D eigenvalue weighted by Crippen LogP contribution is -2.45. The number of anilines is 1. The first-order valence-electron chi connectivity index (χ1n) is 10.1. The number of hydrazine groups is 1. The fourth-order valence-electron chi connectivity index (χ4n) is 3.37. The molecule has 1 aromatic carbocycles. The zero-order valence-corrected chi connectivity index (χ0v) is 17.4. The maximum Gasteiger partial charge on any atom is 0.303 e. The van der Waals surface area contributed by atoms with Crippen LogP contribution in [0.3, 0.4) is 0 Å². The van der Waals surface area contributed by atoms with Gasteiger partial charge in [0.25, 0.3) is 0 Å². The predicted octanol–water partition coefficient (Wildman–Crippen LogP) is 3.67. The number of benzene rings is 1. The van der Waals surface area contributed by atoms with Crippen molar-refractivity contribution in [2.24, 2.45) is 0 Å². The summed E-state index contributed by atoms with van der Waals surface area (Å²) < 4.78 is 31.2. The van der Waals surface area contributed by atoms with Gasteiger partial charge in [0.2, 0.25) is 0 Å². The van der Waals surface area contributed by atoms with E-state index in [1.165, 1.54) is 0 Å². The number of sulfone groups is 1. The molecule has 158 valence electrons. The van der Waals surface area contributed by atoms with Crippen LogP contribution in [0.25, 0.3) is 0 Å². The first-order chi connectivity index (χ1) is 13.4. The van der Waals surface area contributed by atoms with Gasteiger partial charge in [-0.15, -0.1) is 0 Å². The molecule has 7 nitrogen and oxygen atoms in total. The highest BCUT2D eigenvalue weighted by atomic mass is 32.2. The van der Waals surface area contributed by atoms with Gasteiger partial charge < -0.3 is 15.3 Å². The summed E-state index contributed by atoms with van der Waals surface area (Å²) in [5, 5.41) is 10.0. The topological polar surface area (TPSA) is 95.9 Å². The van der Waals surface area contributed by atoms with Gasteiger partial charge in [0.15, 0.2) is 9.84 Å². The average Bonchev–Trinajstić information content (AvgIpc) is 2.78. The number of nitrogens with zero attached hydrogens (tertiary/aromatic N) is 1. The number of carboxylic acid groups (broad SMARTS) is 1. The molecule has 0 saturated carbocycles. The van der Waals surface area contributed by atoms with Gasteiger partial charge in [0.05, 0.1) is 12.3 Å². The Morgan fingerprint density at radius 1 is 1.21 bits per heavy atom. The molecule has 0 aliphatic carbocycles. The van der Waals surface area contributed by atoms with Gasteiger partial charge in [-0.2, -0.15) is 0 Å². The van der Waals surface area contributed by atoms with E-state index in [0.717, 1.165) is 32.1 Å². The van der Waals surface area contributed by atoms with Crippen molar-refractivity contribution >= 4 is 21.5 Å². The Balaban J connectivity index is 2.15. The van der Waals surface area contributed by atoms with Gasteiger partial charge in [-0.3, -0.25) is 4.79 Å². The quantitative estimate of drug-likeness (QED) is 0.597. The number of para-hydroxylation sites is 2. The zero-order chi connectivity index (χ0) is 20.4. The molecule has 0 spiro atoms. The van der Waals surface area contributed by atoms with Crippen LogP contribution in [0.2, 0.25) is 0 Å². The molecule has 1 heterocycles. The highest BCUT2D eigenvalue weighted by Gasteiger charge is 2.30. The molecule has 2 rings (SSSR count). The van der Waals surface area contributed by atoms with Crippen molar-refractivity contribution in [3.8, 4) is 5.75 Å². The summed E-state index contributed by atoms with van der Waals surface area (Å²) in [6.07, 6.45) is 6.20. The number of aliphatic carboxylic acids is 1. The van der Waals surface area contributed by atoms with E-state index in [2.05, 4.69) is 5.43 Å². The number of carbonyl (C=O) groups is 1. The summed E-state index contributed by atoms with van der Waals surface area (Å²) in [5.41, 5.74) is 4.00. The number of carboxylic acids is 1. The Morgan fingerprint density at radius 3 is 2.68 bits per heavy atom. The van der Waals surface area contributed by atoms with Crippen LogP contribution in [-0.2, 0) is 14.6 Å². The van der Waals surface area contributed by atoms with E-state index in [1.807, 2.05) is 29.3 Å². The molecular weight excluding hydrogens is 380 g/mol. The molecule has 1 aromatic rings. The summed E-state index contributed by atoms with van der Waals surface area (Å²) >= 11 is 0. The molecule has 8 heteroatoms. The van der Waals surface area contributed by atoms with Crippen molar-refractivity contribution in [3.63, 3.8) is 0 Å². The monoisotopic (exact) mass is 412 g/mol. The van der Waals surface area contributed by atoms with Gasteiger partial charge in [-0.25, -0.2) is 13.4 Å². The first kappa shape index (κ1) is 22.5. The predicted molar refractivity (Wildman–Crippen MR) is 110 cm³/mol. The van der Waals surface area contributed by atoms with Gasteiger partial charge in [-0.05, 0) is 31.4 Å². The molecule has 1 aliphatic heterocycles. The third-order valence-corrected chi connectivity index (χ3v) is 7.08. The average molecular weight is 413 g/mol. The van der Waals surface area contributed by atoms with Crippen molar-refractivity contribution in [1.82, 2.24) is 5.01 Å². The Kier molecular flexibility index (Phi) is 9.05. The second-order valence-electron chi connectivity index (χ2n) is 7.11. The number of nitrogens with one attached hydrogen (secondary N) is 1. The first-order valence-corrected chi connectivity index (χ1v) is 11.8. The number of ether oxygens (including phenoxy) is 1. The fraction of sp³-hybridized carbons (Fsp3) is 0.650. The normalized spacial score (nSPS) is 19.2. The Morgan fingerprint density at radius 2 is 1.93 bits per heavy atom. The minimum absolute atomic E-state index is 0.0541. The van der Waals surface area contributed by atoms with Crippen LogP contribution >= 0.6 is 0 Å². The van der Waals surface area contributed by atoms with Crippen molar-refractivity contribution in [2.75, 3.05) is 24.3 Å². The molecule has 0 radical (unpaired) electrons. The number of hydrogen-bond acceptors (Lipinski definition) is 6. The van der Waals surface area contributed by atoms with Crippen LogP contribution < -0.4 is 10.2 Å². The largest absolute Gasteiger partial charge is 0.491 e. The van der Waals surface area contributed by atoms with Gasteiger partial charge in [0.1, 0.15) is 11.1 Å². The molecule has 0 aromatic heterocycles. The molecular formula is C20H32N2O5S. The van der Waals surface area contributed by atoms with Crippen LogP contribution in [0.4, 0.5) is 5.69 Å². The second-order valence-corrected chi connectivity index (χ2v) is 9.56. The summed E-state index contributed by atoms with van der Waals surface area (Å²) in [7, 11) is -3.23. The Bertz CT molecular complexity index is 723.